The minimum absolute atomic E-state index is 0.0855. The molecule has 5 saturated carbocycles. The molecule has 0 aromatic rings. The second kappa shape index (κ2) is 14.2. The lowest BCUT2D eigenvalue weighted by Crippen LogP contribution is -2.65. The van der Waals surface area contributed by atoms with E-state index in [0.29, 0.717) is 25.7 Å². The average Bonchev–Trinajstić information content (AvgIpc) is 3.49. The van der Waals surface area contributed by atoms with E-state index < -0.39 is 103 Å². The summed E-state index contributed by atoms with van der Waals surface area (Å²) in [6, 6.07) is 0. The summed E-state index contributed by atoms with van der Waals surface area (Å²) in [6.07, 6.45) is -7.63. The van der Waals surface area contributed by atoms with Gasteiger partial charge in [0.25, 0.3) is 0 Å². The van der Waals surface area contributed by atoms with Crippen LogP contribution in [0.2, 0.25) is 0 Å². The van der Waals surface area contributed by atoms with Crippen molar-refractivity contribution < 1.29 is 74.1 Å². The number of ether oxygens (including phenoxy) is 6. The lowest BCUT2D eigenvalue weighted by molar-refractivity contribution is -0.339. The van der Waals surface area contributed by atoms with Crippen LogP contribution in [-0.4, -0.2) is 151 Å². The Morgan fingerprint density at radius 3 is 2.14 bits per heavy atom. The highest BCUT2D eigenvalue weighted by molar-refractivity contribution is 5.66. The Hall–Kier alpha value is -1.05. The number of fused-ring (bicyclic) bond motifs is 2. The maximum Gasteiger partial charge on any atom is 0.303 e. The first-order valence-corrected chi connectivity index (χ1v) is 21.8. The number of hydrogen-bond donors (Lipinski definition) is 8. The van der Waals surface area contributed by atoms with Gasteiger partial charge in [0, 0.05) is 12.8 Å². The van der Waals surface area contributed by atoms with E-state index in [1.807, 2.05) is 0 Å². The summed E-state index contributed by atoms with van der Waals surface area (Å²) in [5.41, 5.74) is -3.30. The van der Waals surface area contributed by atoms with Gasteiger partial charge in [0.1, 0.15) is 36.6 Å². The highest BCUT2D eigenvalue weighted by atomic mass is 16.7. The van der Waals surface area contributed by atoms with E-state index in [-0.39, 0.29) is 52.1 Å². The van der Waals surface area contributed by atoms with E-state index in [0.717, 1.165) is 32.1 Å². The number of aliphatic hydroxyl groups excluding tert-OH is 7. The van der Waals surface area contributed by atoms with Crippen LogP contribution in [0, 0.1) is 44.8 Å². The van der Waals surface area contributed by atoms with Gasteiger partial charge in [-0.3, -0.25) is 4.79 Å². The van der Waals surface area contributed by atoms with Gasteiger partial charge in [-0.2, -0.15) is 0 Å². The Balaban J connectivity index is 1.14. The summed E-state index contributed by atoms with van der Waals surface area (Å²) in [7, 11) is 0. The van der Waals surface area contributed by atoms with Gasteiger partial charge < -0.3 is 69.3 Å². The van der Waals surface area contributed by atoms with Gasteiger partial charge in [0.2, 0.25) is 0 Å². The third-order valence-corrected chi connectivity index (χ3v) is 17.9. The topological polar surface area (TPSA) is 234 Å². The Kier molecular flexibility index (Phi) is 10.7. The van der Waals surface area contributed by atoms with Crippen LogP contribution < -0.4 is 0 Å². The molecule has 0 aromatic carbocycles. The van der Waals surface area contributed by atoms with Crippen molar-refractivity contribution in [1.29, 1.82) is 0 Å². The number of esters is 1. The van der Waals surface area contributed by atoms with Crippen LogP contribution in [0.25, 0.3) is 0 Å². The van der Waals surface area contributed by atoms with Crippen LogP contribution in [0.1, 0.15) is 113 Å². The van der Waals surface area contributed by atoms with E-state index in [1.165, 1.54) is 6.92 Å². The molecule has 58 heavy (non-hydrogen) atoms. The van der Waals surface area contributed by atoms with Crippen molar-refractivity contribution in [3.63, 3.8) is 0 Å². The van der Waals surface area contributed by atoms with Crippen molar-refractivity contribution in [3.05, 3.63) is 0 Å². The Labute approximate surface area is 341 Å². The molecular weight excluding hydrogens is 756 g/mol. The highest BCUT2D eigenvalue weighted by Gasteiger charge is 2.85. The quantitative estimate of drug-likeness (QED) is 0.127. The maximum atomic E-state index is 12.2. The predicted molar refractivity (Wildman–Crippen MR) is 203 cm³/mol. The van der Waals surface area contributed by atoms with E-state index in [2.05, 4.69) is 34.6 Å². The van der Waals surface area contributed by atoms with E-state index in [1.54, 1.807) is 13.8 Å². The number of aliphatic hydroxyl groups is 8. The zero-order valence-electron chi connectivity index (χ0n) is 35.5. The van der Waals surface area contributed by atoms with Crippen LogP contribution in [0.15, 0.2) is 0 Å². The molecule has 0 bridgehead atoms. The second-order valence-corrected chi connectivity index (χ2v) is 21.6. The van der Waals surface area contributed by atoms with Crippen molar-refractivity contribution in [3.8, 4) is 0 Å². The van der Waals surface area contributed by atoms with Gasteiger partial charge in [-0.25, -0.2) is 0 Å². The molecule has 2 spiro atoms. The molecule has 3 aliphatic heterocycles. The summed E-state index contributed by atoms with van der Waals surface area (Å²) >= 11 is 0. The van der Waals surface area contributed by atoms with Crippen LogP contribution in [0.4, 0.5) is 0 Å². The van der Waals surface area contributed by atoms with Gasteiger partial charge in [-0.15, -0.1) is 0 Å². The fourth-order valence-electron chi connectivity index (χ4n) is 15.2. The summed E-state index contributed by atoms with van der Waals surface area (Å²) < 4.78 is 37.4. The zero-order valence-corrected chi connectivity index (χ0v) is 35.5. The van der Waals surface area contributed by atoms with Crippen LogP contribution >= 0.6 is 0 Å². The molecule has 0 aromatic heterocycles. The van der Waals surface area contributed by atoms with Gasteiger partial charge in [-0.05, 0) is 117 Å². The minimum Gasteiger partial charge on any atom is -0.457 e. The number of carbonyl (C=O) groups excluding carboxylic acids is 1. The molecule has 5 aliphatic carbocycles. The predicted octanol–water partition coefficient (Wildman–Crippen LogP) is 1.29. The lowest BCUT2D eigenvalue weighted by Gasteiger charge is -2.65. The molecule has 16 unspecified atom stereocenters. The largest absolute Gasteiger partial charge is 0.457 e. The SMILES string of the molecule is CC(=O)OC1C(O)COC(OC2CC[C@]34C[C@]35CC[C@]3(C)C([C@@]6(C)CCC(C(C)(C)O)O6)C(O)C[C@@]3(C)C5CC(OC3OC(CO)C(O)C(O)C3O)C4C2(C)C)C1O. The number of carbonyl (C=O) groups is 1. The standard InChI is InChI=1S/C43H70O15/c1-20(45)54-32-22(47)18-53-35(31(32)51)57-26-10-12-43-19-42(43)14-13-39(6)33(41(8)11-9-27(58-41)38(4,5)52)21(46)16-40(39,7)25(42)15-23(34(43)37(26,2)3)55-36-30(50)29(49)28(48)24(17-44)56-36/h21-36,44,46-52H,9-19H2,1-8H3/t21?,22?,23?,24?,25?,26?,27?,28?,29?,30?,31?,32?,33?,34?,35?,36?,39-,40+,41-,42+,43-/m1/s1. The van der Waals surface area contributed by atoms with Gasteiger partial charge >= 0.3 is 5.97 Å². The summed E-state index contributed by atoms with van der Waals surface area (Å²) in [5.74, 6) is -0.920. The molecule has 3 saturated heterocycles. The molecule has 8 fully saturated rings. The molecule has 21 atom stereocenters. The third kappa shape index (κ3) is 6.17. The number of hydrogen-bond acceptors (Lipinski definition) is 15. The zero-order chi connectivity index (χ0) is 42.3. The summed E-state index contributed by atoms with van der Waals surface area (Å²) in [5, 5.41) is 87.8. The van der Waals surface area contributed by atoms with Crippen molar-refractivity contribution >= 4 is 5.97 Å². The molecule has 8 N–H and O–H groups in total. The Bertz CT molecular complexity index is 1570. The molecule has 3 heterocycles. The summed E-state index contributed by atoms with van der Waals surface area (Å²) in [6.45, 7) is 15.0. The molecule has 0 amide bonds. The van der Waals surface area contributed by atoms with Gasteiger partial charge in [0.05, 0.1) is 48.8 Å². The number of rotatable bonds is 8. The normalized spacial score (nSPS) is 56.1. The first kappa shape index (κ1) is 43.6. The highest BCUT2D eigenvalue weighted by Crippen LogP contribution is 2.89. The average molecular weight is 827 g/mol. The lowest BCUT2D eigenvalue weighted by atomic mass is 9.41. The molecule has 8 rings (SSSR count). The molecule has 8 aliphatic rings. The van der Waals surface area contributed by atoms with Crippen LogP contribution in [-0.2, 0) is 33.2 Å². The van der Waals surface area contributed by atoms with Gasteiger partial charge in [0.15, 0.2) is 18.7 Å². The van der Waals surface area contributed by atoms with E-state index >= 15 is 0 Å². The second-order valence-electron chi connectivity index (χ2n) is 21.6. The van der Waals surface area contributed by atoms with Crippen LogP contribution in [0.5, 0.6) is 0 Å². The molecule has 15 heteroatoms. The molecule has 0 radical (unpaired) electrons. The van der Waals surface area contributed by atoms with Crippen molar-refractivity contribution in [1.82, 2.24) is 0 Å². The van der Waals surface area contributed by atoms with Crippen molar-refractivity contribution in [2.75, 3.05) is 13.2 Å². The molecule has 15 nitrogen and oxygen atoms in total. The Morgan fingerprint density at radius 1 is 0.793 bits per heavy atom. The van der Waals surface area contributed by atoms with Crippen molar-refractivity contribution in [2.24, 2.45) is 44.8 Å². The van der Waals surface area contributed by atoms with Crippen molar-refractivity contribution in [2.45, 2.75) is 204 Å². The summed E-state index contributed by atoms with van der Waals surface area (Å²) in [4.78, 5) is 11.9. The third-order valence-electron chi connectivity index (χ3n) is 17.9. The van der Waals surface area contributed by atoms with Gasteiger partial charge in [-0.1, -0.05) is 27.7 Å². The fraction of sp³-hybridized carbons (Fsp3) is 0.977. The smallest absolute Gasteiger partial charge is 0.303 e. The van der Waals surface area contributed by atoms with Crippen LogP contribution in [0.3, 0.4) is 0 Å². The first-order chi connectivity index (χ1) is 26.9. The fourth-order valence-corrected chi connectivity index (χ4v) is 15.2. The molecule has 332 valence electrons. The minimum atomic E-state index is -1.62. The monoisotopic (exact) mass is 826 g/mol. The van der Waals surface area contributed by atoms with E-state index in [4.69, 9.17) is 28.4 Å². The molecular formula is C43H70O15. The first-order valence-electron chi connectivity index (χ1n) is 21.8. The maximum absolute atomic E-state index is 12.2. The van der Waals surface area contributed by atoms with E-state index in [9.17, 15) is 45.6 Å². The Morgan fingerprint density at radius 2 is 1.50 bits per heavy atom.